The van der Waals surface area contributed by atoms with E-state index in [1.54, 1.807) is 54.0 Å². The number of pyridine rings is 1. The topological polar surface area (TPSA) is 192 Å². The normalized spacial score (nSPS) is 20.7. The van der Waals surface area contributed by atoms with Gasteiger partial charge in [-0.1, -0.05) is 63.7 Å². The van der Waals surface area contributed by atoms with Gasteiger partial charge < -0.3 is 35.3 Å². The number of aromatic nitrogens is 3. The number of aliphatic hydroxyl groups excluding tert-OH is 1. The molecule has 0 unspecified atom stereocenters. The molecule has 0 spiro atoms. The number of rotatable bonds is 13. The molecule has 4 aromatic rings. The van der Waals surface area contributed by atoms with Crippen molar-refractivity contribution in [2.45, 2.75) is 103 Å². The zero-order valence-electron chi connectivity index (χ0n) is 32.6. The zero-order chi connectivity index (χ0) is 40.0. The summed E-state index contributed by atoms with van der Waals surface area (Å²) < 4.78 is 5.48. The molecule has 14 nitrogen and oxygen atoms in total. The summed E-state index contributed by atoms with van der Waals surface area (Å²) in [5.41, 5.74) is 5.81. The van der Waals surface area contributed by atoms with Crippen LogP contribution in [0.1, 0.15) is 81.5 Å². The highest BCUT2D eigenvalue weighted by molar-refractivity contribution is 7.13. The van der Waals surface area contributed by atoms with Gasteiger partial charge in [0, 0.05) is 55.4 Å². The average molecular weight is 781 g/mol. The quantitative estimate of drug-likeness (QED) is 0.0726. The molecule has 3 aromatic heterocycles. The second-order valence-electron chi connectivity index (χ2n) is 15.8. The predicted octanol–water partition coefficient (Wildman–Crippen LogP) is 4.57. The number of nitrogens with one attached hydrogen (secondary N) is 3. The molecule has 4 heterocycles. The Kier molecular flexibility index (Phi) is 13.0. The van der Waals surface area contributed by atoms with E-state index in [9.17, 15) is 19.5 Å². The van der Waals surface area contributed by atoms with Crippen molar-refractivity contribution >= 4 is 36.5 Å². The van der Waals surface area contributed by atoms with Gasteiger partial charge in [-0.15, -0.1) is 11.3 Å². The molecule has 6 N–H and O–H groups in total. The lowest BCUT2D eigenvalue weighted by Crippen LogP contribution is -2.57. The van der Waals surface area contributed by atoms with Crippen molar-refractivity contribution in [1.29, 1.82) is 0 Å². The lowest BCUT2D eigenvalue weighted by molar-refractivity contribution is -0.141. The van der Waals surface area contributed by atoms with Crippen molar-refractivity contribution in [1.82, 2.24) is 40.7 Å². The molecule has 0 bridgehead atoms. The van der Waals surface area contributed by atoms with Crippen molar-refractivity contribution in [3.8, 4) is 21.9 Å². The zero-order valence-corrected chi connectivity index (χ0v) is 33.4. The molecular formula is C40H51BN9O5S. The number of hydrogen-bond acceptors (Lipinski definition) is 12. The number of allylic oxidation sites excluding steroid dienone is 1. The maximum absolute atomic E-state index is 14.1. The second-order valence-corrected chi connectivity index (χ2v) is 16.6. The summed E-state index contributed by atoms with van der Waals surface area (Å²) in [7, 11) is 2.02. The molecule has 1 aromatic carbocycles. The van der Waals surface area contributed by atoms with Gasteiger partial charge in [0.15, 0.2) is 5.69 Å². The van der Waals surface area contributed by atoms with E-state index in [4.69, 9.17) is 10.3 Å². The van der Waals surface area contributed by atoms with E-state index in [1.807, 2.05) is 64.9 Å². The molecule has 295 valence electrons. The van der Waals surface area contributed by atoms with E-state index < -0.39 is 29.5 Å². The van der Waals surface area contributed by atoms with Gasteiger partial charge in [-0.05, 0) is 55.4 Å². The molecule has 1 saturated heterocycles. The number of carbonyl (C=O) groups is 3. The van der Waals surface area contributed by atoms with E-state index in [0.717, 1.165) is 52.9 Å². The SMILES string of the molecule is C/C(=C\N(N)C1CCC([B]N[C@H](C(=O)N2C[C@H](O)C[C@H]2C(=O)NCc2ccc(-c3scnc3C)cc2)C(C)(C)C)CC1)NC(=O)c1coc(-c2ccncc2)n1. The number of benzene rings is 1. The van der Waals surface area contributed by atoms with Crippen LogP contribution in [0.4, 0.5) is 0 Å². The molecule has 3 amide bonds. The molecule has 3 atom stereocenters. The largest absolute Gasteiger partial charge is 0.444 e. The monoisotopic (exact) mass is 780 g/mol. The number of thiazole rings is 1. The van der Waals surface area contributed by atoms with E-state index >= 15 is 0 Å². The Balaban J connectivity index is 0.977. The predicted molar refractivity (Wildman–Crippen MR) is 215 cm³/mol. The molecule has 1 radical (unpaired) electrons. The fourth-order valence-corrected chi connectivity index (χ4v) is 8.04. The summed E-state index contributed by atoms with van der Waals surface area (Å²) in [5.74, 6) is 6.09. The number of nitrogens with zero attached hydrogens (tertiary/aromatic N) is 5. The number of likely N-dealkylation sites (tertiary alicyclic amines) is 1. The first-order valence-electron chi connectivity index (χ1n) is 19.0. The van der Waals surface area contributed by atoms with Gasteiger partial charge in [-0.2, -0.15) is 0 Å². The summed E-state index contributed by atoms with van der Waals surface area (Å²) in [6.45, 7) is 10.2. The number of β-amino-alcohol motifs (C(OH)–C–C–N with tert-alkyl or cyclic N) is 1. The minimum absolute atomic E-state index is 0.0719. The molecule has 56 heavy (non-hydrogen) atoms. The third-order valence-electron chi connectivity index (χ3n) is 10.4. The van der Waals surface area contributed by atoms with Crippen molar-refractivity contribution in [2.24, 2.45) is 11.3 Å². The first-order valence-corrected chi connectivity index (χ1v) is 19.9. The molecule has 2 fully saturated rings. The molecule has 6 rings (SSSR count). The lowest BCUT2D eigenvalue weighted by Gasteiger charge is -2.38. The van der Waals surface area contributed by atoms with Crippen LogP contribution in [0.5, 0.6) is 0 Å². The summed E-state index contributed by atoms with van der Waals surface area (Å²) in [6.07, 6.45) is 9.04. The Morgan fingerprint density at radius 3 is 2.48 bits per heavy atom. The van der Waals surface area contributed by atoms with Crippen LogP contribution in [-0.4, -0.2) is 85.9 Å². The lowest BCUT2D eigenvalue weighted by atomic mass is 9.65. The molecular weight excluding hydrogens is 729 g/mol. The van der Waals surface area contributed by atoms with Crippen molar-refractivity contribution in [3.63, 3.8) is 0 Å². The van der Waals surface area contributed by atoms with Crippen LogP contribution in [0.3, 0.4) is 0 Å². The van der Waals surface area contributed by atoms with Crippen LogP contribution >= 0.6 is 11.3 Å². The van der Waals surface area contributed by atoms with E-state index in [0.29, 0.717) is 18.1 Å². The molecule has 16 heteroatoms. The average Bonchev–Trinajstić information content (AvgIpc) is 3.94. The Labute approximate surface area is 332 Å². The standard InChI is InChI=1S/C40H51BN9O5S/c1-24(46-36(52)32-22-55-38(47-32)28-14-16-43-17-15-28)20-50(42)30-12-10-29(11-13-30)41-48-35(40(3,4)5)39(54)49-21-31(51)18-33(49)37(53)44-19-26-6-8-27(9-7-26)34-25(2)45-23-56-34/h6-9,14-17,20,22-23,29-31,33,35,48,51H,10-13,18-19,21,42H2,1-5H3,(H,44,53)(H,46,52)/b24-20+/t29?,30?,31-,33+,35-/m1/s1. The van der Waals surface area contributed by atoms with Crippen molar-refractivity contribution in [2.75, 3.05) is 6.54 Å². The Hall–Kier alpha value is -4.90. The molecule has 1 saturated carbocycles. The third-order valence-corrected chi connectivity index (χ3v) is 11.4. The van der Waals surface area contributed by atoms with E-state index in [2.05, 4.69) is 30.8 Å². The Morgan fingerprint density at radius 2 is 1.82 bits per heavy atom. The Bertz CT molecular complexity index is 1990. The number of oxazole rings is 1. The van der Waals surface area contributed by atoms with Crippen molar-refractivity contribution < 1.29 is 23.9 Å². The number of hydrogen-bond donors (Lipinski definition) is 5. The highest BCUT2D eigenvalue weighted by Gasteiger charge is 2.44. The highest BCUT2D eigenvalue weighted by atomic mass is 32.1. The summed E-state index contributed by atoms with van der Waals surface area (Å²) in [5, 5.41) is 21.5. The highest BCUT2D eigenvalue weighted by Crippen LogP contribution is 2.32. The van der Waals surface area contributed by atoms with Crippen LogP contribution in [0.2, 0.25) is 5.82 Å². The van der Waals surface area contributed by atoms with Gasteiger partial charge in [-0.3, -0.25) is 19.4 Å². The summed E-state index contributed by atoms with van der Waals surface area (Å²) in [6, 6.07) is 10.2. The minimum atomic E-state index is -0.783. The maximum Gasteiger partial charge on any atom is 0.277 e. The fourth-order valence-electron chi connectivity index (χ4n) is 7.23. The Morgan fingerprint density at radius 1 is 1.11 bits per heavy atom. The number of carbonyl (C=O) groups excluding carboxylic acids is 3. The van der Waals surface area contributed by atoms with Crippen LogP contribution in [-0.2, 0) is 16.1 Å². The molecule has 1 aliphatic carbocycles. The van der Waals surface area contributed by atoms with Gasteiger partial charge in [0.25, 0.3) is 5.91 Å². The number of aliphatic hydroxyl groups is 1. The molecule has 2 aliphatic rings. The smallest absolute Gasteiger partial charge is 0.277 e. The maximum atomic E-state index is 14.1. The number of amides is 3. The van der Waals surface area contributed by atoms with E-state index in [-0.39, 0.29) is 42.3 Å². The third kappa shape index (κ3) is 10.1. The number of nitrogens with two attached hydrogens (primary N) is 1. The summed E-state index contributed by atoms with van der Waals surface area (Å²) in [4.78, 5) is 55.7. The number of aryl methyl sites for hydroxylation is 1. The van der Waals surface area contributed by atoms with Crippen LogP contribution in [0.25, 0.3) is 21.9 Å². The van der Waals surface area contributed by atoms with Gasteiger partial charge in [0.1, 0.15) is 12.3 Å². The first kappa shape index (κ1) is 40.8. The fraction of sp³-hybridized carbons (Fsp3) is 0.450. The minimum Gasteiger partial charge on any atom is -0.444 e. The van der Waals surface area contributed by atoms with Gasteiger partial charge in [0.2, 0.25) is 25.1 Å². The van der Waals surface area contributed by atoms with Crippen LogP contribution in [0.15, 0.2) is 76.9 Å². The first-order chi connectivity index (χ1) is 26.8. The van der Waals surface area contributed by atoms with Gasteiger partial charge in [0.05, 0.1) is 28.2 Å². The van der Waals surface area contributed by atoms with Crippen LogP contribution < -0.4 is 21.7 Å². The summed E-state index contributed by atoms with van der Waals surface area (Å²) >= 11 is 1.59. The second kappa shape index (κ2) is 17.9. The van der Waals surface area contributed by atoms with Gasteiger partial charge >= 0.3 is 0 Å². The number of hydrazine groups is 1. The molecule has 1 aliphatic heterocycles. The van der Waals surface area contributed by atoms with E-state index in [1.165, 1.54) is 11.2 Å². The van der Waals surface area contributed by atoms with Crippen LogP contribution in [0, 0.1) is 12.3 Å². The van der Waals surface area contributed by atoms with Gasteiger partial charge in [-0.25, -0.2) is 15.8 Å². The van der Waals surface area contributed by atoms with Crippen molar-refractivity contribution in [3.05, 3.63) is 89.4 Å².